The molecule has 4 aromatic carbocycles. The third kappa shape index (κ3) is 13.1. The summed E-state index contributed by atoms with van der Waals surface area (Å²) in [6.45, 7) is 30.3. The van der Waals surface area contributed by atoms with Crippen LogP contribution in [0.4, 0.5) is 26.3 Å². The molecule has 0 radical (unpaired) electrons. The van der Waals surface area contributed by atoms with E-state index < -0.39 is 70.7 Å². The summed E-state index contributed by atoms with van der Waals surface area (Å²) in [4.78, 5) is 69.4. The second-order valence-corrected chi connectivity index (χ2v) is 39.9. The summed E-state index contributed by atoms with van der Waals surface area (Å²) in [7, 11) is 8.10. The molecule has 5 N–H and O–H groups in total. The predicted molar refractivity (Wildman–Crippen MR) is 464 cm³/mol. The highest BCUT2D eigenvalue weighted by Crippen LogP contribution is 2.72. The maximum absolute atomic E-state index is 13.3. The van der Waals surface area contributed by atoms with Crippen LogP contribution in [0.5, 0.6) is 0 Å². The highest BCUT2D eigenvalue weighted by molar-refractivity contribution is 6.33. The Hall–Kier alpha value is -10.4. The highest BCUT2D eigenvalue weighted by atomic mass is 35.5. The molecule has 20 rings (SSSR count). The number of rotatable bonds is 13. The number of halogens is 8. The van der Waals surface area contributed by atoms with Gasteiger partial charge in [-0.05, 0) is 210 Å². The molecular formula is C96H110Cl2F6N16O5. The second-order valence-electron chi connectivity index (χ2n) is 39.2. The lowest BCUT2D eigenvalue weighted by molar-refractivity contribution is 0.0787. The van der Waals surface area contributed by atoms with E-state index >= 15 is 0 Å². The molecule has 10 aliphatic carbocycles. The zero-order chi connectivity index (χ0) is 90.2. The molecule has 125 heavy (non-hydrogen) atoms. The lowest BCUT2D eigenvalue weighted by atomic mass is 9.73. The lowest BCUT2D eigenvalue weighted by Crippen LogP contribution is -2.51. The molecule has 5 amide bonds. The van der Waals surface area contributed by atoms with E-state index in [0.29, 0.717) is 51.0 Å². The fourth-order valence-electron chi connectivity index (χ4n) is 25.0. The smallest absolute Gasteiger partial charge is 0.282 e. The number of alkyl halides is 6. The molecule has 660 valence electrons. The average Bonchev–Trinajstić information content (AvgIpc) is 1.54. The Balaban J connectivity index is 0.000000115. The average molecular weight is 1750 g/mol. The number of nitrogens with zero attached hydrogens (tertiary/aromatic N) is 11. The van der Waals surface area contributed by atoms with Gasteiger partial charge in [-0.2, -0.15) is 25.5 Å². The number of nitrogens with one attached hydrogen (secondary N) is 5. The molecule has 6 aromatic heterocycles. The zero-order valence-corrected chi connectivity index (χ0v) is 75.7. The van der Waals surface area contributed by atoms with Crippen LogP contribution < -0.4 is 26.6 Å². The Morgan fingerprint density at radius 3 is 1.03 bits per heavy atom. The molecule has 21 nitrogen and oxygen atoms in total. The van der Waals surface area contributed by atoms with Crippen molar-refractivity contribution in [3.8, 4) is 0 Å². The van der Waals surface area contributed by atoms with E-state index in [9.17, 15) is 50.3 Å². The molecule has 10 atom stereocenters. The van der Waals surface area contributed by atoms with E-state index in [-0.39, 0.29) is 66.7 Å². The minimum Gasteiger partial charge on any atom is -0.342 e. The summed E-state index contributed by atoms with van der Waals surface area (Å²) >= 11 is 12.5. The maximum Gasteiger partial charge on any atom is 0.282 e. The molecule has 10 bridgehead atoms. The fraction of sp³-hybridized carbons (Fsp3) is 0.490. The number of benzene rings is 4. The van der Waals surface area contributed by atoms with Gasteiger partial charge < -0.3 is 26.6 Å². The van der Waals surface area contributed by atoms with Crippen molar-refractivity contribution in [2.45, 2.75) is 238 Å². The summed E-state index contributed by atoms with van der Waals surface area (Å²) in [5.41, 5.74) is 13.3. The van der Waals surface area contributed by atoms with Gasteiger partial charge in [0, 0.05) is 65.4 Å². The summed E-state index contributed by atoms with van der Waals surface area (Å²) in [5.74, 6) is 0.247. The van der Waals surface area contributed by atoms with E-state index in [2.05, 4.69) is 226 Å². The minimum atomic E-state index is -2.79. The summed E-state index contributed by atoms with van der Waals surface area (Å²) in [5, 5.41) is 36.3. The first-order chi connectivity index (χ1) is 58.7. The van der Waals surface area contributed by atoms with E-state index in [1.807, 2.05) is 13.0 Å². The molecule has 0 spiro atoms. The number of aromatic nitrogens is 11. The standard InChI is InChI=1S/2C20H23F2N3O.2C19H22ClN3O.C18H20F2N4O/c1-11-5-6-12-14-7-8-20(15(12)9-11,19(14,2)3)23-18(26)13-10-25(4)24-16(13)17(21)22;1-11-6-5-7-12-14-8-9-20(15(11)12,19(14,2)3)23-18(26)13-10-25(4)24-16(13)17(21)22;1-11-5-6-12-14-7-8-19(15(12)9-11,18(14,2)3)22-17(24)13-10-21-23(4)16(13)20;1-11-6-5-7-12-14-8-9-19(15(11)12,18(14,2)3)22-17(24)13-10-21-23(4)16(13)20;1-17(2)12-6-7-18(17,14-10(12)5-4-8-21-14)22-16(25)11-9-24(3)23-13(11)15(19)20/h5-6,9-10,14,17H,7-8H2,1-4H3,(H,23,26);5-7,10,14,17H,8-9H2,1-4H3,(H,23,26);5-6,9-10,14H,7-8H2,1-4H3,(H,22,24);5-7,10,14H,8-9H2,1-4H3,(H,22,24);4-5,8-9,12,15H,6-7H2,1-3H3,(H,22,25). The van der Waals surface area contributed by atoms with Crippen molar-refractivity contribution in [1.82, 2.24) is 80.5 Å². The van der Waals surface area contributed by atoms with Gasteiger partial charge >= 0.3 is 0 Å². The SMILES string of the molecule is Cc1ccc2c(c1)C1(NC(=O)c3cn(C)nc3C(F)F)CCC2C1(C)C.Cc1ccc2c(c1)C1(NC(=O)c3cnn(C)c3Cl)CCC2C1(C)C.Cc1cccc2c1C1(NC(=O)c3cn(C)nc3C(F)F)CCC2C1(C)C.Cc1cccc2c1C1(NC(=O)c3cnn(C)c3Cl)CCC2C1(C)C.Cn1cc(C(=O)NC23CCC(c4cccnc42)C3(C)C)c(C(F)F)n1. The Bertz CT molecular complexity index is 6050. The van der Waals surface area contributed by atoms with Crippen LogP contribution in [0.2, 0.25) is 10.3 Å². The monoisotopic (exact) mass is 1750 g/mol. The first-order valence-corrected chi connectivity index (χ1v) is 43.8. The van der Waals surface area contributed by atoms with Crippen LogP contribution in [0, 0.1) is 54.8 Å². The summed E-state index contributed by atoms with van der Waals surface area (Å²) < 4.78 is 86.4. The molecule has 0 aliphatic heterocycles. The summed E-state index contributed by atoms with van der Waals surface area (Å²) in [6.07, 6.45) is 9.98. The number of hydrogen-bond acceptors (Lipinski definition) is 11. The molecule has 5 saturated carbocycles. The molecule has 10 aliphatic rings. The van der Waals surface area contributed by atoms with Gasteiger partial charge in [0.05, 0.1) is 73.6 Å². The second kappa shape index (κ2) is 30.7. The van der Waals surface area contributed by atoms with Crippen molar-refractivity contribution in [1.29, 1.82) is 0 Å². The van der Waals surface area contributed by atoms with Gasteiger partial charge in [-0.1, -0.05) is 182 Å². The van der Waals surface area contributed by atoms with Crippen LogP contribution in [-0.4, -0.2) is 83.4 Å². The highest BCUT2D eigenvalue weighted by Gasteiger charge is 2.68. The van der Waals surface area contributed by atoms with E-state index in [1.165, 1.54) is 93.6 Å². The fourth-order valence-corrected chi connectivity index (χ4v) is 25.4. The molecular weight excluding hydrogens is 1640 g/mol. The minimum absolute atomic E-state index is 0.0204. The molecule has 6 heterocycles. The van der Waals surface area contributed by atoms with Crippen LogP contribution >= 0.6 is 23.2 Å². The van der Waals surface area contributed by atoms with Crippen molar-refractivity contribution in [2.24, 2.45) is 62.3 Å². The van der Waals surface area contributed by atoms with E-state index in [0.717, 1.165) is 97.7 Å². The Morgan fingerprint density at radius 1 is 0.384 bits per heavy atom. The first kappa shape index (κ1) is 88.0. The third-order valence-electron chi connectivity index (χ3n) is 31.6. The van der Waals surface area contributed by atoms with Crippen molar-refractivity contribution < 1.29 is 50.3 Å². The number of amides is 5. The number of pyridine rings is 1. The van der Waals surface area contributed by atoms with Crippen molar-refractivity contribution in [3.63, 3.8) is 0 Å². The summed E-state index contributed by atoms with van der Waals surface area (Å²) in [6, 6.07) is 29.7. The third-order valence-corrected chi connectivity index (χ3v) is 32.5. The Morgan fingerprint density at radius 2 is 0.680 bits per heavy atom. The van der Waals surface area contributed by atoms with Crippen LogP contribution in [0.3, 0.4) is 0 Å². The van der Waals surface area contributed by atoms with Gasteiger partial charge in [-0.3, -0.25) is 52.4 Å². The molecule has 5 fully saturated rings. The van der Waals surface area contributed by atoms with Crippen molar-refractivity contribution in [2.75, 3.05) is 0 Å². The van der Waals surface area contributed by atoms with Gasteiger partial charge in [0.15, 0.2) is 0 Å². The topological polar surface area (TPSA) is 247 Å². The number of fused-ring (bicyclic) bond motifs is 25. The number of hydrogen-bond donors (Lipinski definition) is 5. The van der Waals surface area contributed by atoms with Crippen molar-refractivity contribution >= 4 is 52.7 Å². The number of carbonyl (C=O) groups excluding carboxylic acids is 5. The van der Waals surface area contributed by atoms with Crippen LogP contribution in [0.25, 0.3) is 0 Å². The molecule has 10 unspecified atom stereocenters. The van der Waals surface area contributed by atoms with Crippen LogP contribution in [0.1, 0.15) is 329 Å². The van der Waals surface area contributed by atoms with Crippen LogP contribution in [0.15, 0.2) is 122 Å². The predicted octanol–water partition coefficient (Wildman–Crippen LogP) is 19.6. The lowest BCUT2D eigenvalue weighted by Gasteiger charge is -2.40. The van der Waals surface area contributed by atoms with Gasteiger partial charge in [0.1, 0.15) is 27.4 Å². The largest absolute Gasteiger partial charge is 0.342 e. The molecule has 0 saturated heterocycles. The van der Waals surface area contributed by atoms with Gasteiger partial charge in [0.25, 0.3) is 48.8 Å². The van der Waals surface area contributed by atoms with Gasteiger partial charge in [-0.15, -0.1) is 0 Å². The Kier molecular flexibility index (Phi) is 21.6. The first-order valence-electron chi connectivity index (χ1n) is 43.0. The normalized spacial score (nSPS) is 26.0. The molecule has 29 heteroatoms. The number of aryl methyl sites for hydroxylation is 9. The van der Waals surface area contributed by atoms with E-state index in [1.54, 1.807) is 46.8 Å². The maximum atomic E-state index is 13.3. The Labute approximate surface area is 734 Å². The number of carbonyl (C=O) groups is 5. The van der Waals surface area contributed by atoms with E-state index in [4.69, 9.17) is 23.2 Å². The van der Waals surface area contributed by atoms with Crippen LogP contribution in [-0.2, 0) is 62.9 Å². The van der Waals surface area contributed by atoms with Gasteiger partial charge in [0.2, 0.25) is 0 Å². The molecule has 10 aromatic rings. The van der Waals surface area contributed by atoms with Gasteiger partial charge in [-0.25, -0.2) is 26.3 Å². The van der Waals surface area contributed by atoms with Crippen molar-refractivity contribution in [3.05, 3.63) is 255 Å². The quantitative estimate of drug-likeness (QED) is 0.0679. The zero-order valence-electron chi connectivity index (χ0n) is 74.2.